The van der Waals surface area contributed by atoms with Crippen molar-refractivity contribution in [3.8, 4) is 0 Å². The van der Waals surface area contributed by atoms with Gasteiger partial charge in [-0.25, -0.2) is 0 Å². The maximum atomic E-state index is 11.7. The van der Waals surface area contributed by atoms with Crippen molar-refractivity contribution >= 4 is 23.2 Å². The van der Waals surface area contributed by atoms with Gasteiger partial charge < -0.3 is 15.7 Å². The monoisotopic (exact) mass is 312 g/mol. The second-order valence-corrected chi connectivity index (χ2v) is 7.10. The highest BCUT2D eigenvalue weighted by molar-refractivity contribution is 7.08. The summed E-state index contributed by atoms with van der Waals surface area (Å²) >= 11 is 1.50. The van der Waals surface area contributed by atoms with E-state index in [0.717, 1.165) is 5.56 Å². The van der Waals surface area contributed by atoms with Crippen LogP contribution in [0.5, 0.6) is 0 Å². The van der Waals surface area contributed by atoms with Crippen LogP contribution in [-0.4, -0.2) is 30.0 Å². The molecule has 0 aliphatic rings. The first-order chi connectivity index (χ1) is 9.63. The first-order valence-corrected chi connectivity index (χ1v) is 7.87. The lowest BCUT2D eigenvalue weighted by molar-refractivity contribution is -0.128. The summed E-state index contributed by atoms with van der Waals surface area (Å²) in [7, 11) is 0. The van der Waals surface area contributed by atoms with E-state index in [1.54, 1.807) is 6.92 Å². The van der Waals surface area contributed by atoms with E-state index < -0.39 is 11.0 Å². The predicted octanol–water partition coefficient (Wildman–Crippen LogP) is 1.62. The number of hydrogen-bond donors (Lipinski definition) is 3. The Morgan fingerprint density at radius 2 is 1.90 bits per heavy atom. The van der Waals surface area contributed by atoms with E-state index in [2.05, 4.69) is 10.6 Å². The lowest BCUT2D eigenvalue weighted by atomic mass is 9.96. The first-order valence-electron chi connectivity index (χ1n) is 6.93. The van der Waals surface area contributed by atoms with Gasteiger partial charge in [-0.1, -0.05) is 20.8 Å². The Morgan fingerprint density at radius 1 is 1.24 bits per heavy atom. The van der Waals surface area contributed by atoms with Crippen molar-refractivity contribution in [2.24, 2.45) is 5.41 Å². The van der Waals surface area contributed by atoms with Gasteiger partial charge in [-0.15, -0.1) is 0 Å². The topological polar surface area (TPSA) is 78.4 Å². The summed E-state index contributed by atoms with van der Waals surface area (Å²) in [5.41, 5.74) is -0.752. The van der Waals surface area contributed by atoms with Gasteiger partial charge in [0, 0.05) is 18.4 Å². The molecule has 0 saturated heterocycles. The van der Waals surface area contributed by atoms with Gasteiger partial charge in [0.05, 0.1) is 6.54 Å². The molecule has 3 N–H and O–H groups in total. The molecule has 21 heavy (non-hydrogen) atoms. The Labute approximate surface area is 129 Å². The molecule has 1 unspecified atom stereocenters. The zero-order valence-corrected chi connectivity index (χ0v) is 13.8. The molecule has 5 nitrogen and oxygen atoms in total. The van der Waals surface area contributed by atoms with Gasteiger partial charge in [0.15, 0.2) is 0 Å². The van der Waals surface area contributed by atoms with Crippen molar-refractivity contribution < 1.29 is 14.7 Å². The van der Waals surface area contributed by atoms with Crippen LogP contribution in [0.15, 0.2) is 16.8 Å². The predicted molar refractivity (Wildman–Crippen MR) is 84.0 cm³/mol. The van der Waals surface area contributed by atoms with Gasteiger partial charge in [0.2, 0.25) is 11.8 Å². The van der Waals surface area contributed by atoms with Crippen molar-refractivity contribution in [3.63, 3.8) is 0 Å². The average molecular weight is 312 g/mol. The Morgan fingerprint density at radius 3 is 2.43 bits per heavy atom. The van der Waals surface area contributed by atoms with Crippen molar-refractivity contribution in [1.29, 1.82) is 0 Å². The largest absolute Gasteiger partial charge is 0.384 e. The molecule has 1 aromatic rings. The second-order valence-electron chi connectivity index (χ2n) is 6.32. The van der Waals surface area contributed by atoms with Crippen molar-refractivity contribution in [3.05, 3.63) is 22.4 Å². The number of nitrogens with one attached hydrogen (secondary N) is 2. The van der Waals surface area contributed by atoms with E-state index in [-0.39, 0.29) is 24.8 Å². The number of carbonyl (C=O) groups excluding carboxylic acids is 2. The summed E-state index contributed by atoms with van der Waals surface area (Å²) in [6, 6.07) is 1.83. The molecule has 0 radical (unpaired) electrons. The number of rotatable bonds is 6. The summed E-state index contributed by atoms with van der Waals surface area (Å²) in [5, 5.41) is 19.4. The Hall–Kier alpha value is -1.40. The Kier molecular flexibility index (Phi) is 5.92. The van der Waals surface area contributed by atoms with Crippen LogP contribution < -0.4 is 10.6 Å². The molecule has 0 saturated carbocycles. The molecule has 0 bridgehead atoms. The highest BCUT2D eigenvalue weighted by Gasteiger charge is 2.24. The Bertz CT molecular complexity index is 476. The van der Waals surface area contributed by atoms with E-state index in [0.29, 0.717) is 6.54 Å². The van der Waals surface area contributed by atoms with Crippen molar-refractivity contribution in [2.45, 2.75) is 39.7 Å². The normalized spacial score (nSPS) is 14.3. The summed E-state index contributed by atoms with van der Waals surface area (Å²) in [4.78, 5) is 23.4. The smallest absolute Gasteiger partial charge is 0.225 e. The SMILES string of the molecule is CC(C)(C)C(=O)NCCC(=O)NCC(C)(O)c1ccsc1. The molecule has 0 aliphatic heterocycles. The second kappa shape index (κ2) is 7.04. The van der Waals surface area contributed by atoms with E-state index >= 15 is 0 Å². The molecule has 0 spiro atoms. The fourth-order valence-electron chi connectivity index (χ4n) is 1.59. The number of aliphatic hydroxyl groups is 1. The van der Waals surface area contributed by atoms with Gasteiger partial charge >= 0.3 is 0 Å². The van der Waals surface area contributed by atoms with Crippen molar-refractivity contribution in [1.82, 2.24) is 10.6 Å². The van der Waals surface area contributed by atoms with E-state index in [1.165, 1.54) is 11.3 Å². The summed E-state index contributed by atoms with van der Waals surface area (Å²) in [6.45, 7) is 7.57. The zero-order chi connectivity index (χ0) is 16.1. The summed E-state index contributed by atoms with van der Waals surface area (Å²) in [5.74, 6) is -0.278. The maximum Gasteiger partial charge on any atom is 0.225 e. The van der Waals surface area contributed by atoms with Gasteiger partial charge in [-0.05, 0) is 29.3 Å². The van der Waals surface area contributed by atoms with Crippen LogP contribution in [0.1, 0.15) is 39.7 Å². The quantitative estimate of drug-likeness (QED) is 0.747. The zero-order valence-electron chi connectivity index (χ0n) is 13.0. The lowest BCUT2D eigenvalue weighted by Crippen LogP contribution is -2.40. The number of amides is 2. The van der Waals surface area contributed by atoms with Crippen LogP contribution in [0, 0.1) is 5.41 Å². The van der Waals surface area contributed by atoms with Crippen LogP contribution in [-0.2, 0) is 15.2 Å². The molecule has 118 valence electrons. The third-order valence-corrected chi connectivity index (χ3v) is 3.77. The fourth-order valence-corrected chi connectivity index (χ4v) is 2.37. The van der Waals surface area contributed by atoms with Gasteiger partial charge in [0.1, 0.15) is 5.60 Å². The molecule has 1 atom stereocenters. The summed E-state index contributed by atoms with van der Waals surface area (Å²) < 4.78 is 0. The number of hydrogen-bond acceptors (Lipinski definition) is 4. The minimum Gasteiger partial charge on any atom is -0.384 e. The fraction of sp³-hybridized carbons (Fsp3) is 0.600. The van der Waals surface area contributed by atoms with Crippen LogP contribution >= 0.6 is 11.3 Å². The third-order valence-electron chi connectivity index (χ3n) is 3.09. The average Bonchev–Trinajstić information content (AvgIpc) is 2.89. The van der Waals surface area contributed by atoms with Crippen LogP contribution in [0.4, 0.5) is 0 Å². The molecule has 0 aromatic carbocycles. The molecule has 1 rings (SSSR count). The molecule has 1 heterocycles. The van der Waals surface area contributed by atoms with Crippen LogP contribution in [0.3, 0.4) is 0 Å². The van der Waals surface area contributed by atoms with E-state index in [1.807, 2.05) is 37.6 Å². The van der Waals surface area contributed by atoms with Crippen molar-refractivity contribution in [2.75, 3.05) is 13.1 Å². The molecule has 0 fully saturated rings. The van der Waals surface area contributed by atoms with Gasteiger partial charge in [-0.2, -0.15) is 11.3 Å². The third kappa shape index (κ3) is 5.85. The number of carbonyl (C=O) groups is 2. The molecular formula is C15H24N2O3S. The lowest BCUT2D eigenvalue weighted by Gasteiger charge is -2.23. The van der Waals surface area contributed by atoms with E-state index in [9.17, 15) is 14.7 Å². The standard InChI is InChI=1S/C15H24N2O3S/c1-14(2,3)13(19)16-7-5-12(18)17-10-15(4,20)11-6-8-21-9-11/h6,8-9,20H,5,7,10H2,1-4H3,(H,16,19)(H,17,18). The maximum absolute atomic E-state index is 11.7. The van der Waals surface area contributed by atoms with Crippen LogP contribution in [0.25, 0.3) is 0 Å². The van der Waals surface area contributed by atoms with Gasteiger partial charge in [0.25, 0.3) is 0 Å². The molecule has 6 heteroatoms. The van der Waals surface area contributed by atoms with E-state index in [4.69, 9.17) is 0 Å². The summed E-state index contributed by atoms with van der Waals surface area (Å²) in [6.07, 6.45) is 0.196. The Balaban J connectivity index is 2.30. The molecule has 2 amide bonds. The first kappa shape index (κ1) is 17.7. The molecule has 0 aliphatic carbocycles. The molecular weight excluding hydrogens is 288 g/mol. The van der Waals surface area contributed by atoms with Gasteiger partial charge in [-0.3, -0.25) is 9.59 Å². The molecule has 1 aromatic heterocycles. The minimum atomic E-state index is -1.08. The minimum absolute atomic E-state index is 0.0828. The van der Waals surface area contributed by atoms with Crippen LogP contribution in [0.2, 0.25) is 0 Å². The highest BCUT2D eigenvalue weighted by Crippen LogP contribution is 2.21. The number of thiophene rings is 1. The highest BCUT2D eigenvalue weighted by atomic mass is 32.1.